The highest BCUT2D eigenvalue weighted by Gasteiger charge is 2.33. The lowest BCUT2D eigenvalue weighted by Gasteiger charge is -2.12. The summed E-state index contributed by atoms with van der Waals surface area (Å²) >= 11 is 0. The quantitative estimate of drug-likeness (QED) is 0.943. The molecule has 7 heteroatoms. The van der Waals surface area contributed by atoms with Gasteiger partial charge in [0.2, 0.25) is 0 Å². The van der Waals surface area contributed by atoms with Crippen LogP contribution < -0.4 is 5.32 Å². The normalized spacial score (nSPS) is 11.2. The molecular formula is C14H13F3N4. The second-order valence-corrected chi connectivity index (χ2v) is 4.57. The average molecular weight is 294 g/mol. The van der Waals surface area contributed by atoms with Crippen molar-refractivity contribution >= 4 is 5.69 Å². The van der Waals surface area contributed by atoms with Crippen molar-refractivity contribution in [2.75, 3.05) is 11.9 Å². The molecule has 0 spiro atoms. The van der Waals surface area contributed by atoms with Crippen molar-refractivity contribution in [2.45, 2.75) is 12.6 Å². The number of aryl methyl sites for hydroxylation is 1. The first-order valence-corrected chi connectivity index (χ1v) is 6.23. The van der Waals surface area contributed by atoms with Crippen molar-refractivity contribution in [1.29, 1.82) is 5.26 Å². The van der Waals surface area contributed by atoms with Gasteiger partial charge in [0.1, 0.15) is 0 Å². The maximum absolute atomic E-state index is 12.8. The van der Waals surface area contributed by atoms with E-state index in [4.69, 9.17) is 5.26 Å². The van der Waals surface area contributed by atoms with E-state index in [9.17, 15) is 13.2 Å². The van der Waals surface area contributed by atoms with E-state index in [0.717, 1.165) is 11.6 Å². The lowest BCUT2D eigenvalue weighted by atomic mass is 10.1. The summed E-state index contributed by atoms with van der Waals surface area (Å²) in [6.07, 6.45) is -0.329. The van der Waals surface area contributed by atoms with Crippen LogP contribution >= 0.6 is 0 Å². The number of benzene rings is 1. The summed E-state index contributed by atoms with van der Waals surface area (Å²) in [6, 6.07) is 5.16. The zero-order chi connectivity index (χ0) is 15.5. The molecule has 4 nitrogen and oxygen atoms in total. The third kappa shape index (κ3) is 3.75. The summed E-state index contributed by atoms with van der Waals surface area (Å²) in [6.45, 7) is 0.481. The minimum Gasteiger partial charge on any atom is -0.385 e. The highest BCUT2D eigenvalue weighted by molar-refractivity contribution is 5.53. The Morgan fingerprint density at radius 1 is 1.38 bits per heavy atom. The summed E-state index contributed by atoms with van der Waals surface area (Å²) < 4.78 is 40.1. The Hall–Kier alpha value is -2.49. The smallest absolute Gasteiger partial charge is 0.385 e. The van der Waals surface area contributed by atoms with Crippen LogP contribution in [0.3, 0.4) is 0 Å². The van der Waals surface area contributed by atoms with E-state index < -0.39 is 11.7 Å². The molecule has 0 radical (unpaired) electrons. The third-order valence-electron chi connectivity index (χ3n) is 2.95. The van der Waals surface area contributed by atoms with E-state index in [1.807, 2.05) is 6.20 Å². The Kier molecular flexibility index (Phi) is 4.17. The van der Waals surface area contributed by atoms with Gasteiger partial charge in [-0.25, -0.2) is 0 Å². The molecule has 1 N–H and O–H groups in total. The predicted molar refractivity (Wildman–Crippen MR) is 71.6 cm³/mol. The number of alkyl halides is 3. The zero-order valence-electron chi connectivity index (χ0n) is 11.3. The van der Waals surface area contributed by atoms with Gasteiger partial charge in [-0.3, -0.25) is 4.68 Å². The number of hydrogen-bond acceptors (Lipinski definition) is 3. The SMILES string of the molecule is Cn1cc(CCNc2ccc(C#N)c(C(F)(F)F)c2)cn1. The van der Waals surface area contributed by atoms with E-state index in [1.54, 1.807) is 24.0 Å². The first-order chi connectivity index (χ1) is 9.90. The summed E-state index contributed by atoms with van der Waals surface area (Å²) in [5.41, 5.74) is 0.0385. The lowest BCUT2D eigenvalue weighted by Crippen LogP contribution is -2.10. The Balaban J connectivity index is 2.06. The number of hydrogen-bond donors (Lipinski definition) is 1. The van der Waals surface area contributed by atoms with Crippen molar-refractivity contribution in [3.05, 3.63) is 47.3 Å². The molecule has 2 aromatic rings. The second-order valence-electron chi connectivity index (χ2n) is 4.57. The number of nitrogens with zero attached hydrogens (tertiary/aromatic N) is 3. The summed E-state index contributed by atoms with van der Waals surface area (Å²) in [5, 5.41) is 15.7. The molecule has 1 aromatic heterocycles. The number of nitriles is 1. The number of anilines is 1. The van der Waals surface area contributed by atoms with Gasteiger partial charge < -0.3 is 5.32 Å². The molecule has 110 valence electrons. The number of aromatic nitrogens is 2. The first-order valence-electron chi connectivity index (χ1n) is 6.23. The van der Waals surface area contributed by atoms with Crippen LogP contribution in [0.1, 0.15) is 16.7 Å². The Morgan fingerprint density at radius 3 is 2.71 bits per heavy atom. The average Bonchev–Trinajstić information content (AvgIpc) is 2.83. The highest BCUT2D eigenvalue weighted by atomic mass is 19.4. The van der Waals surface area contributed by atoms with E-state index in [1.165, 1.54) is 12.1 Å². The molecule has 1 aromatic carbocycles. The molecular weight excluding hydrogens is 281 g/mol. The van der Waals surface area contributed by atoms with Crippen LogP contribution in [0.2, 0.25) is 0 Å². The maximum atomic E-state index is 12.8. The van der Waals surface area contributed by atoms with Crippen LogP contribution in [0, 0.1) is 11.3 Å². The predicted octanol–water partition coefficient (Wildman–Crippen LogP) is 2.97. The van der Waals surface area contributed by atoms with Gasteiger partial charge >= 0.3 is 6.18 Å². The van der Waals surface area contributed by atoms with Crippen molar-refractivity contribution in [3.8, 4) is 6.07 Å². The fourth-order valence-corrected chi connectivity index (χ4v) is 1.94. The topological polar surface area (TPSA) is 53.6 Å². The van der Waals surface area contributed by atoms with Crippen LogP contribution in [-0.2, 0) is 19.6 Å². The van der Waals surface area contributed by atoms with E-state index in [2.05, 4.69) is 10.4 Å². The Morgan fingerprint density at radius 2 is 2.14 bits per heavy atom. The molecule has 0 unspecified atom stereocenters. The summed E-state index contributed by atoms with van der Waals surface area (Å²) in [7, 11) is 1.80. The molecule has 1 heterocycles. The largest absolute Gasteiger partial charge is 0.417 e. The number of halogens is 3. The molecule has 0 aliphatic heterocycles. The van der Waals surface area contributed by atoms with Gasteiger partial charge in [0, 0.05) is 25.5 Å². The van der Waals surface area contributed by atoms with E-state index in [-0.39, 0.29) is 5.56 Å². The minimum atomic E-state index is -4.54. The standard InChI is InChI=1S/C14H13F3N4/c1-21-9-10(8-20-21)4-5-19-12-3-2-11(7-18)13(6-12)14(15,16)17/h2-3,6,8-9,19H,4-5H2,1H3. The Labute approximate surface area is 119 Å². The molecule has 0 saturated heterocycles. The summed E-state index contributed by atoms with van der Waals surface area (Å²) in [5.74, 6) is 0. The van der Waals surface area contributed by atoms with E-state index >= 15 is 0 Å². The highest BCUT2D eigenvalue weighted by Crippen LogP contribution is 2.33. The first kappa shape index (κ1) is 14.9. The number of rotatable bonds is 4. The van der Waals surface area contributed by atoms with Crippen LogP contribution in [0.25, 0.3) is 0 Å². The molecule has 21 heavy (non-hydrogen) atoms. The van der Waals surface area contributed by atoms with Gasteiger partial charge in [-0.05, 0) is 30.2 Å². The fourth-order valence-electron chi connectivity index (χ4n) is 1.94. The molecule has 0 amide bonds. The van der Waals surface area contributed by atoms with Gasteiger partial charge in [-0.2, -0.15) is 23.5 Å². The molecule has 0 fully saturated rings. The molecule has 0 aliphatic carbocycles. The molecule has 0 bridgehead atoms. The van der Waals surface area contributed by atoms with Crippen LogP contribution in [0.15, 0.2) is 30.6 Å². The zero-order valence-corrected chi connectivity index (χ0v) is 11.3. The Bertz CT molecular complexity index is 668. The van der Waals surface area contributed by atoms with Crippen LogP contribution in [-0.4, -0.2) is 16.3 Å². The minimum absolute atomic E-state index is 0.338. The van der Waals surface area contributed by atoms with Gasteiger partial charge in [-0.15, -0.1) is 0 Å². The molecule has 0 saturated carbocycles. The van der Waals surface area contributed by atoms with Crippen molar-refractivity contribution < 1.29 is 13.2 Å². The van der Waals surface area contributed by atoms with Gasteiger partial charge in [0.15, 0.2) is 0 Å². The van der Waals surface area contributed by atoms with Crippen LogP contribution in [0.4, 0.5) is 18.9 Å². The second kappa shape index (κ2) is 5.87. The van der Waals surface area contributed by atoms with Gasteiger partial charge in [-0.1, -0.05) is 0 Å². The van der Waals surface area contributed by atoms with Crippen molar-refractivity contribution in [2.24, 2.45) is 7.05 Å². The molecule has 2 rings (SSSR count). The third-order valence-corrected chi connectivity index (χ3v) is 2.95. The lowest BCUT2D eigenvalue weighted by molar-refractivity contribution is -0.137. The van der Waals surface area contributed by atoms with Crippen molar-refractivity contribution in [3.63, 3.8) is 0 Å². The van der Waals surface area contributed by atoms with Gasteiger partial charge in [0.05, 0.1) is 23.4 Å². The number of nitrogens with one attached hydrogen (secondary N) is 1. The van der Waals surface area contributed by atoms with Crippen LogP contribution in [0.5, 0.6) is 0 Å². The maximum Gasteiger partial charge on any atom is 0.417 e. The van der Waals surface area contributed by atoms with E-state index in [0.29, 0.717) is 18.7 Å². The monoisotopic (exact) mass is 294 g/mol. The fraction of sp³-hybridized carbons (Fsp3) is 0.286. The van der Waals surface area contributed by atoms with Gasteiger partial charge in [0.25, 0.3) is 0 Å². The van der Waals surface area contributed by atoms with Crippen molar-refractivity contribution in [1.82, 2.24) is 9.78 Å². The summed E-state index contributed by atoms with van der Waals surface area (Å²) in [4.78, 5) is 0. The molecule has 0 aliphatic rings. The molecule has 0 atom stereocenters.